The van der Waals surface area contributed by atoms with Crippen molar-refractivity contribution in [3.63, 3.8) is 0 Å². The van der Waals surface area contributed by atoms with Crippen LogP contribution in [-0.2, 0) is 20.8 Å². The molecule has 3 saturated heterocycles. The van der Waals surface area contributed by atoms with Gasteiger partial charge in [-0.25, -0.2) is 4.99 Å². The first-order chi connectivity index (χ1) is 15.6. The number of piperazine rings is 1. The summed E-state index contributed by atoms with van der Waals surface area (Å²) in [4.78, 5) is 32.8. The molecule has 33 heavy (non-hydrogen) atoms. The van der Waals surface area contributed by atoms with Gasteiger partial charge in [-0.3, -0.25) is 9.59 Å². The number of hydrogen-bond donors (Lipinski definition) is 2. The number of guanidine groups is 1. The molecule has 0 aromatic heterocycles. The number of carbonyl (C=O) groups excluding carboxylic acids is 2. The average molecular weight is 571 g/mol. The molecule has 10 heteroatoms. The van der Waals surface area contributed by atoms with Crippen molar-refractivity contribution in [3.05, 3.63) is 35.4 Å². The summed E-state index contributed by atoms with van der Waals surface area (Å²) in [7, 11) is 0. The molecule has 2 amide bonds. The number of rotatable bonds is 5. The van der Waals surface area contributed by atoms with Crippen LogP contribution >= 0.6 is 24.0 Å². The van der Waals surface area contributed by atoms with Crippen LogP contribution in [0.1, 0.15) is 35.7 Å². The molecule has 0 bridgehead atoms. The zero-order valence-corrected chi connectivity index (χ0v) is 21.5. The number of nitrogens with zero attached hydrogens (tertiary/aromatic N) is 3. The molecule has 9 nitrogen and oxygen atoms in total. The van der Waals surface area contributed by atoms with Crippen molar-refractivity contribution in [2.24, 2.45) is 4.99 Å². The minimum atomic E-state index is -0.114. The molecule has 3 heterocycles. The number of carbonyl (C=O) groups is 2. The molecule has 3 aliphatic heterocycles. The summed E-state index contributed by atoms with van der Waals surface area (Å²) in [6.07, 6.45) is 2.41. The van der Waals surface area contributed by atoms with Crippen molar-refractivity contribution in [2.75, 3.05) is 52.5 Å². The Kier molecular flexibility index (Phi) is 9.75. The largest absolute Gasteiger partial charge is 0.375 e. The lowest BCUT2D eigenvalue weighted by Crippen LogP contribution is -2.53. The Morgan fingerprint density at radius 2 is 1.94 bits per heavy atom. The fourth-order valence-electron chi connectivity index (χ4n) is 4.33. The number of ether oxygens (including phenoxy) is 2. The van der Waals surface area contributed by atoms with Crippen LogP contribution in [0, 0.1) is 0 Å². The van der Waals surface area contributed by atoms with Gasteiger partial charge in [0, 0.05) is 44.9 Å². The Morgan fingerprint density at radius 1 is 1.15 bits per heavy atom. The van der Waals surface area contributed by atoms with Crippen molar-refractivity contribution in [3.8, 4) is 0 Å². The van der Waals surface area contributed by atoms with Crippen LogP contribution < -0.4 is 10.6 Å². The van der Waals surface area contributed by atoms with Crippen molar-refractivity contribution in [2.45, 2.75) is 38.5 Å². The maximum atomic E-state index is 12.6. The molecule has 3 fully saturated rings. The molecule has 0 saturated carbocycles. The Labute approximate surface area is 212 Å². The van der Waals surface area contributed by atoms with Crippen LogP contribution in [0.15, 0.2) is 29.3 Å². The van der Waals surface area contributed by atoms with Gasteiger partial charge in [0.2, 0.25) is 5.91 Å². The van der Waals surface area contributed by atoms with Crippen LogP contribution in [0.2, 0.25) is 0 Å². The number of aliphatic imine (C=N–C) groups is 1. The second kappa shape index (κ2) is 12.5. The molecule has 0 aliphatic carbocycles. The number of hydrogen-bond acceptors (Lipinski definition) is 5. The first-order valence-corrected chi connectivity index (χ1v) is 11.6. The van der Waals surface area contributed by atoms with Gasteiger partial charge in [0.1, 0.15) is 6.10 Å². The highest BCUT2D eigenvalue weighted by molar-refractivity contribution is 14.0. The number of amides is 2. The van der Waals surface area contributed by atoms with E-state index in [0.29, 0.717) is 31.8 Å². The predicted octanol–water partition coefficient (Wildman–Crippen LogP) is 1.22. The van der Waals surface area contributed by atoms with Crippen molar-refractivity contribution in [1.29, 1.82) is 0 Å². The van der Waals surface area contributed by atoms with E-state index in [1.807, 2.05) is 24.3 Å². The number of benzene rings is 1. The monoisotopic (exact) mass is 571 g/mol. The molecule has 1 aromatic rings. The van der Waals surface area contributed by atoms with E-state index in [1.54, 1.807) is 4.90 Å². The summed E-state index contributed by atoms with van der Waals surface area (Å²) >= 11 is 0. The molecule has 2 atom stereocenters. The van der Waals surface area contributed by atoms with Gasteiger partial charge in [-0.1, -0.05) is 12.1 Å². The van der Waals surface area contributed by atoms with Gasteiger partial charge in [0.05, 0.1) is 25.8 Å². The fraction of sp³-hybridized carbons (Fsp3) is 0.609. The molecule has 2 unspecified atom stereocenters. The predicted molar refractivity (Wildman–Crippen MR) is 136 cm³/mol. The molecule has 1 aromatic carbocycles. The lowest BCUT2D eigenvalue weighted by molar-refractivity contribution is -0.123. The second-order valence-electron chi connectivity index (χ2n) is 8.35. The molecule has 4 rings (SSSR count). The third-order valence-electron chi connectivity index (χ3n) is 6.05. The third-order valence-corrected chi connectivity index (χ3v) is 6.05. The molecular weight excluding hydrogens is 537 g/mol. The van der Waals surface area contributed by atoms with Crippen molar-refractivity contribution >= 4 is 41.8 Å². The molecule has 2 N–H and O–H groups in total. The van der Waals surface area contributed by atoms with Gasteiger partial charge >= 0.3 is 0 Å². The van der Waals surface area contributed by atoms with Crippen LogP contribution in [0.3, 0.4) is 0 Å². The van der Waals surface area contributed by atoms with E-state index in [4.69, 9.17) is 14.5 Å². The van der Waals surface area contributed by atoms with Crippen molar-refractivity contribution in [1.82, 2.24) is 20.4 Å². The van der Waals surface area contributed by atoms with E-state index in [0.717, 1.165) is 50.6 Å². The minimum absolute atomic E-state index is 0. The van der Waals surface area contributed by atoms with Crippen LogP contribution in [-0.4, -0.2) is 92.3 Å². The Morgan fingerprint density at radius 3 is 2.64 bits per heavy atom. The van der Waals surface area contributed by atoms with E-state index < -0.39 is 0 Å². The zero-order chi connectivity index (χ0) is 22.3. The highest BCUT2D eigenvalue weighted by atomic mass is 127. The molecule has 0 radical (unpaired) electrons. The average Bonchev–Trinajstić information content (AvgIpc) is 3.37. The van der Waals surface area contributed by atoms with Crippen LogP contribution in [0.4, 0.5) is 0 Å². The summed E-state index contributed by atoms with van der Waals surface area (Å²) in [6.45, 7) is 7.58. The first kappa shape index (κ1) is 25.7. The molecule has 182 valence electrons. The lowest BCUT2D eigenvalue weighted by Gasteiger charge is -2.37. The van der Waals surface area contributed by atoms with E-state index >= 15 is 0 Å². The van der Waals surface area contributed by atoms with Gasteiger partial charge in [0.15, 0.2) is 5.96 Å². The maximum absolute atomic E-state index is 12.6. The standard InChI is InChI=1S/C23H33N5O4.HI/c1-2-24-23(28-11-13-32-20(15-28)19-4-3-12-31-19)26-14-17-5-7-18(8-6-17)22(30)27-10-9-25-21(29)16-27;/h5-8,19-20H,2-4,9-16H2,1H3,(H,24,26)(H,25,29);1H. The highest BCUT2D eigenvalue weighted by Gasteiger charge is 2.32. The van der Waals surface area contributed by atoms with Gasteiger partial charge in [-0.05, 0) is 37.5 Å². The second-order valence-corrected chi connectivity index (χ2v) is 8.35. The number of halogens is 1. The highest BCUT2D eigenvalue weighted by Crippen LogP contribution is 2.21. The first-order valence-electron chi connectivity index (χ1n) is 11.6. The van der Waals surface area contributed by atoms with Crippen LogP contribution in [0.25, 0.3) is 0 Å². The smallest absolute Gasteiger partial charge is 0.254 e. The summed E-state index contributed by atoms with van der Waals surface area (Å²) in [5.74, 6) is 0.645. The van der Waals surface area contributed by atoms with Gasteiger partial charge in [-0.2, -0.15) is 0 Å². The van der Waals surface area contributed by atoms with Crippen molar-refractivity contribution < 1.29 is 19.1 Å². The summed E-state index contributed by atoms with van der Waals surface area (Å²) in [6, 6.07) is 7.49. The zero-order valence-electron chi connectivity index (χ0n) is 19.1. The maximum Gasteiger partial charge on any atom is 0.254 e. The van der Waals surface area contributed by atoms with Gasteiger partial charge in [-0.15, -0.1) is 24.0 Å². The molecule has 3 aliphatic rings. The Balaban J connectivity index is 0.00000306. The van der Waals surface area contributed by atoms with E-state index in [-0.39, 0.29) is 54.5 Å². The number of nitrogens with one attached hydrogen (secondary N) is 2. The molecule has 0 spiro atoms. The SMILES string of the molecule is CCNC(=NCc1ccc(C(=O)N2CCNC(=O)C2)cc1)N1CCOC(C2CCCO2)C1.I. The van der Waals surface area contributed by atoms with E-state index in [9.17, 15) is 9.59 Å². The summed E-state index contributed by atoms with van der Waals surface area (Å²) in [5.41, 5.74) is 1.61. The quantitative estimate of drug-likeness (QED) is 0.314. The Bertz CT molecular complexity index is 829. The normalized spacial score (nSPS) is 23.7. The summed E-state index contributed by atoms with van der Waals surface area (Å²) < 4.78 is 11.8. The molecular formula is C23H34IN5O4. The van der Waals surface area contributed by atoms with Gasteiger partial charge < -0.3 is 29.9 Å². The van der Waals surface area contributed by atoms with E-state index in [1.165, 1.54) is 0 Å². The van der Waals surface area contributed by atoms with E-state index in [2.05, 4.69) is 22.5 Å². The summed E-state index contributed by atoms with van der Waals surface area (Å²) in [5, 5.41) is 6.13. The lowest BCUT2D eigenvalue weighted by atomic mass is 10.1. The minimum Gasteiger partial charge on any atom is -0.375 e. The third kappa shape index (κ3) is 6.80. The fourth-order valence-corrected chi connectivity index (χ4v) is 4.33. The topological polar surface area (TPSA) is 95.5 Å². The Hall–Kier alpha value is -1.92. The van der Waals surface area contributed by atoms with Crippen LogP contribution in [0.5, 0.6) is 0 Å². The number of morpholine rings is 1. The van der Waals surface area contributed by atoms with Gasteiger partial charge in [0.25, 0.3) is 5.91 Å².